The summed E-state index contributed by atoms with van der Waals surface area (Å²) in [7, 11) is 0. The second-order valence-corrected chi connectivity index (χ2v) is 6.72. The molecule has 0 bridgehead atoms. The van der Waals surface area contributed by atoms with Crippen molar-refractivity contribution < 1.29 is 34.2 Å². The van der Waals surface area contributed by atoms with Gasteiger partial charge < -0.3 is 36.9 Å². The van der Waals surface area contributed by atoms with Crippen molar-refractivity contribution in [2.24, 2.45) is 5.73 Å². The first kappa shape index (κ1) is 23.3. The van der Waals surface area contributed by atoms with Crippen LogP contribution in [0.2, 0.25) is 0 Å². The highest BCUT2D eigenvalue weighted by Gasteiger charge is 2.23. The number of carbonyl (C=O) groups excluding carboxylic acids is 3. The van der Waals surface area contributed by atoms with E-state index in [9.17, 15) is 24.0 Å². The molecule has 2 aromatic rings. The number of rotatable bonds is 11. The normalized spacial score (nSPS) is 12.5. The number of hydrogen-bond donors (Lipinski definition) is 7. The topological polar surface area (TPSA) is 204 Å². The lowest BCUT2D eigenvalue weighted by Crippen LogP contribution is -2.49. The molecule has 0 saturated carbocycles. The predicted molar refractivity (Wildman–Crippen MR) is 108 cm³/mol. The van der Waals surface area contributed by atoms with Crippen LogP contribution in [0.3, 0.4) is 0 Å². The number of aliphatic carboxylic acids is 2. The number of H-pyrrole nitrogens is 1. The molecular formula is C19H23N5O7. The summed E-state index contributed by atoms with van der Waals surface area (Å²) in [6.07, 6.45) is 1.21. The molecule has 8 N–H and O–H groups in total. The molecule has 12 nitrogen and oxygen atoms in total. The molecule has 3 amide bonds. The Morgan fingerprint density at radius 1 is 1.00 bits per heavy atom. The van der Waals surface area contributed by atoms with Crippen molar-refractivity contribution in [1.82, 2.24) is 20.9 Å². The Balaban J connectivity index is 1.74. The van der Waals surface area contributed by atoms with E-state index >= 15 is 0 Å². The summed E-state index contributed by atoms with van der Waals surface area (Å²) in [4.78, 5) is 60.2. The van der Waals surface area contributed by atoms with Gasteiger partial charge in [-0.3, -0.25) is 19.2 Å². The fourth-order valence-electron chi connectivity index (χ4n) is 2.79. The van der Waals surface area contributed by atoms with Crippen molar-refractivity contribution in [3.63, 3.8) is 0 Å². The Bertz CT molecular complexity index is 987. The summed E-state index contributed by atoms with van der Waals surface area (Å²) in [6, 6.07) is 5.02. The van der Waals surface area contributed by atoms with Gasteiger partial charge in [0.1, 0.15) is 6.04 Å². The van der Waals surface area contributed by atoms with E-state index < -0.39 is 61.3 Å². The molecule has 2 unspecified atom stereocenters. The van der Waals surface area contributed by atoms with E-state index in [1.54, 1.807) is 6.20 Å². The van der Waals surface area contributed by atoms with Crippen LogP contribution in [-0.2, 0) is 30.4 Å². The number of hydrogen-bond acceptors (Lipinski definition) is 6. The molecule has 0 spiro atoms. The summed E-state index contributed by atoms with van der Waals surface area (Å²) in [6.45, 7) is -1.02. The average molecular weight is 433 g/mol. The monoisotopic (exact) mass is 433 g/mol. The Labute approximate surface area is 176 Å². The first-order chi connectivity index (χ1) is 14.7. The van der Waals surface area contributed by atoms with Crippen LogP contribution in [0, 0.1) is 0 Å². The van der Waals surface area contributed by atoms with Gasteiger partial charge in [0.25, 0.3) is 0 Å². The number of aromatic amines is 1. The van der Waals surface area contributed by atoms with Gasteiger partial charge in [-0.2, -0.15) is 0 Å². The minimum atomic E-state index is -1.62. The quantitative estimate of drug-likeness (QED) is 0.217. The summed E-state index contributed by atoms with van der Waals surface area (Å²) in [5, 5.41) is 25.0. The zero-order chi connectivity index (χ0) is 23.0. The maximum atomic E-state index is 12.1. The molecule has 0 aliphatic rings. The van der Waals surface area contributed by atoms with Crippen LogP contribution in [0.5, 0.6) is 0 Å². The van der Waals surface area contributed by atoms with Crippen LogP contribution >= 0.6 is 0 Å². The number of nitrogens with two attached hydrogens (primary N) is 1. The van der Waals surface area contributed by atoms with E-state index in [4.69, 9.17) is 15.9 Å². The lowest BCUT2D eigenvalue weighted by Gasteiger charge is -2.14. The van der Waals surface area contributed by atoms with Crippen molar-refractivity contribution in [2.75, 3.05) is 13.1 Å². The van der Waals surface area contributed by atoms with Crippen molar-refractivity contribution in [3.05, 3.63) is 36.0 Å². The van der Waals surface area contributed by atoms with Gasteiger partial charge in [0.05, 0.1) is 25.6 Å². The van der Waals surface area contributed by atoms with Gasteiger partial charge in [-0.15, -0.1) is 0 Å². The first-order valence-electron chi connectivity index (χ1n) is 9.26. The average Bonchev–Trinajstić information content (AvgIpc) is 3.12. The molecule has 0 fully saturated rings. The molecule has 0 aliphatic carbocycles. The molecule has 166 valence electrons. The number of nitrogens with one attached hydrogen (secondary N) is 4. The summed E-state index contributed by atoms with van der Waals surface area (Å²) in [5.41, 5.74) is 7.67. The largest absolute Gasteiger partial charge is 0.481 e. The number of aromatic nitrogens is 1. The molecular weight excluding hydrogens is 410 g/mol. The van der Waals surface area contributed by atoms with Gasteiger partial charge in [0.15, 0.2) is 0 Å². The van der Waals surface area contributed by atoms with Gasteiger partial charge in [-0.1, -0.05) is 18.2 Å². The third kappa shape index (κ3) is 7.12. The smallest absolute Gasteiger partial charge is 0.326 e. The third-order valence-corrected chi connectivity index (χ3v) is 4.33. The second-order valence-electron chi connectivity index (χ2n) is 6.72. The molecule has 0 saturated heterocycles. The van der Waals surface area contributed by atoms with Gasteiger partial charge in [-0.05, 0) is 18.1 Å². The van der Waals surface area contributed by atoms with Gasteiger partial charge >= 0.3 is 11.9 Å². The van der Waals surface area contributed by atoms with Crippen LogP contribution in [0.15, 0.2) is 30.5 Å². The van der Waals surface area contributed by atoms with Crippen LogP contribution in [0.1, 0.15) is 12.0 Å². The standard InChI is InChI=1S/C19H23N5O7/c20-12(5-10-7-21-13-4-2-1-3-11(10)13)18(29)23-8-15(25)22-9-16(26)24-14(19(30)31)6-17(27)28/h1-4,7,12,14,21H,5-6,8-9,20H2,(H,22,25)(H,23,29)(H,24,26)(H,27,28)(H,30,31). The second kappa shape index (κ2) is 10.7. The van der Waals surface area contributed by atoms with Gasteiger partial charge in [-0.25, -0.2) is 4.79 Å². The maximum absolute atomic E-state index is 12.1. The predicted octanol–water partition coefficient (Wildman–Crippen LogP) is -1.69. The summed E-state index contributed by atoms with van der Waals surface area (Å²) < 4.78 is 0. The lowest BCUT2D eigenvalue weighted by molar-refractivity contribution is -0.147. The highest BCUT2D eigenvalue weighted by Crippen LogP contribution is 2.18. The van der Waals surface area contributed by atoms with Gasteiger partial charge in [0.2, 0.25) is 17.7 Å². The number of benzene rings is 1. The van der Waals surface area contributed by atoms with E-state index in [1.165, 1.54) is 0 Å². The molecule has 2 rings (SSSR count). The number of carboxylic acids is 2. The molecule has 1 heterocycles. The Kier molecular flexibility index (Phi) is 8.09. The number of para-hydroxylation sites is 1. The fourth-order valence-corrected chi connectivity index (χ4v) is 2.79. The van der Waals surface area contributed by atoms with Crippen molar-refractivity contribution in [3.8, 4) is 0 Å². The van der Waals surface area contributed by atoms with E-state index in [0.29, 0.717) is 0 Å². The number of amides is 3. The molecule has 12 heteroatoms. The Morgan fingerprint density at radius 2 is 1.68 bits per heavy atom. The zero-order valence-corrected chi connectivity index (χ0v) is 16.4. The molecule has 2 atom stereocenters. The van der Waals surface area contributed by atoms with Crippen LogP contribution < -0.4 is 21.7 Å². The lowest BCUT2D eigenvalue weighted by atomic mass is 10.1. The van der Waals surface area contributed by atoms with E-state index in [2.05, 4.69) is 15.6 Å². The zero-order valence-electron chi connectivity index (χ0n) is 16.4. The molecule has 0 aliphatic heterocycles. The third-order valence-electron chi connectivity index (χ3n) is 4.33. The summed E-state index contributed by atoms with van der Waals surface area (Å²) >= 11 is 0. The minimum absolute atomic E-state index is 0.250. The SMILES string of the molecule is NC(Cc1c[nH]c2ccccc12)C(=O)NCC(=O)NCC(=O)NC(CC(=O)O)C(=O)O. The van der Waals surface area contributed by atoms with Crippen LogP contribution in [-0.4, -0.2) is 70.0 Å². The first-order valence-corrected chi connectivity index (χ1v) is 9.26. The highest BCUT2D eigenvalue weighted by molar-refractivity contribution is 5.92. The van der Waals surface area contributed by atoms with Crippen LogP contribution in [0.25, 0.3) is 10.9 Å². The number of fused-ring (bicyclic) bond motifs is 1. The van der Waals surface area contributed by atoms with Crippen LogP contribution in [0.4, 0.5) is 0 Å². The molecule has 0 radical (unpaired) electrons. The van der Waals surface area contributed by atoms with Crippen molar-refractivity contribution >= 4 is 40.6 Å². The fraction of sp³-hybridized carbons (Fsp3) is 0.316. The van der Waals surface area contributed by atoms with Gasteiger partial charge in [0, 0.05) is 17.1 Å². The molecule has 1 aromatic carbocycles. The van der Waals surface area contributed by atoms with E-state index in [1.807, 2.05) is 29.6 Å². The van der Waals surface area contributed by atoms with E-state index in [-0.39, 0.29) is 6.42 Å². The Morgan fingerprint density at radius 3 is 2.35 bits per heavy atom. The van der Waals surface area contributed by atoms with Crippen molar-refractivity contribution in [1.29, 1.82) is 0 Å². The van der Waals surface area contributed by atoms with E-state index in [0.717, 1.165) is 16.5 Å². The molecule has 31 heavy (non-hydrogen) atoms. The number of carboxylic acid groups (broad SMARTS) is 2. The minimum Gasteiger partial charge on any atom is -0.481 e. The number of carbonyl (C=O) groups is 5. The van der Waals surface area contributed by atoms with Crippen molar-refractivity contribution in [2.45, 2.75) is 24.9 Å². The highest BCUT2D eigenvalue weighted by atomic mass is 16.4. The summed E-state index contributed by atoms with van der Waals surface area (Å²) in [5.74, 6) is -5.06. The molecule has 1 aromatic heterocycles. The Hall–Kier alpha value is -3.93. The maximum Gasteiger partial charge on any atom is 0.326 e.